The Morgan fingerprint density at radius 2 is 1.56 bits per heavy atom. The number of hydrogen-bond donors (Lipinski definition) is 1. The third kappa shape index (κ3) is 3.20. The lowest BCUT2D eigenvalue weighted by Gasteiger charge is -2.25. The molecule has 0 radical (unpaired) electrons. The van der Waals surface area contributed by atoms with Crippen LogP contribution in [0, 0.1) is 0 Å². The zero-order chi connectivity index (χ0) is 17.1. The largest absolute Gasteiger partial charge is 0.325 e. The minimum absolute atomic E-state index is 0.0613. The predicted molar refractivity (Wildman–Crippen MR) is 103 cm³/mol. The molecule has 0 saturated carbocycles. The van der Waals surface area contributed by atoms with Gasteiger partial charge in [0.1, 0.15) is 0 Å². The number of benzene rings is 3. The minimum atomic E-state index is -0.0613. The standard InChI is InChI=1S/C23H21NO/c25-23(21-15-8-12-17-11-4-5-13-19(17)21)24-22-16-7-6-14-20(22)18-9-2-1-3-10-18/h1-7,9-11,13-14,16,21H,8,12,15H2,(H,24,25). The van der Waals surface area contributed by atoms with E-state index < -0.39 is 0 Å². The Morgan fingerprint density at radius 3 is 2.44 bits per heavy atom. The van der Waals surface area contributed by atoms with Gasteiger partial charge in [0, 0.05) is 11.3 Å². The van der Waals surface area contributed by atoms with Crippen molar-refractivity contribution in [2.45, 2.75) is 25.2 Å². The van der Waals surface area contributed by atoms with Gasteiger partial charge in [0.15, 0.2) is 0 Å². The summed E-state index contributed by atoms with van der Waals surface area (Å²) < 4.78 is 0. The van der Waals surface area contributed by atoms with Crippen LogP contribution in [0.2, 0.25) is 0 Å². The van der Waals surface area contributed by atoms with Crippen LogP contribution in [0.15, 0.2) is 78.9 Å². The Labute approximate surface area is 148 Å². The third-order valence-corrected chi connectivity index (χ3v) is 4.96. The van der Waals surface area contributed by atoms with Crippen LogP contribution in [-0.4, -0.2) is 5.91 Å². The zero-order valence-electron chi connectivity index (χ0n) is 14.1. The van der Waals surface area contributed by atoms with E-state index in [1.807, 2.05) is 42.5 Å². The second kappa shape index (κ2) is 6.94. The summed E-state index contributed by atoms with van der Waals surface area (Å²) >= 11 is 0. The van der Waals surface area contributed by atoms with Crippen molar-refractivity contribution in [2.24, 2.45) is 0 Å². The highest BCUT2D eigenvalue weighted by Crippen LogP contribution is 2.34. The van der Waals surface area contributed by atoms with Gasteiger partial charge in [0.25, 0.3) is 0 Å². The van der Waals surface area contributed by atoms with Gasteiger partial charge in [-0.25, -0.2) is 0 Å². The summed E-state index contributed by atoms with van der Waals surface area (Å²) in [6.07, 6.45) is 3.05. The molecule has 0 bridgehead atoms. The zero-order valence-corrected chi connectivity index (χ0v) is 14.1. The highest BCUT2D eigenvalue weighted by atomic mass is 16.1. The molecule has 3 aromatic carbocycles. The number of para-hydroxylation sites is 1. The van der Waals surface area contributed by atoms with Gasteiger partial charge in [-0.05, 0) is 42.0 Å². The highest BCUT2D eigenvalue weighted by molar-refractivity contribution is 5.99. The molecule has 3 aromatic rings. The molecule has 1 unspecified atom stereocenters. The number of fused-ring (bicyclic) bond motifs is 1. The molecular weight excluding hydrogens is 306 g/mol. The Bertz CT molecular complexity index is 885. The van der Waals surface area contributed by atoms with Crippen LogP contribution < -0.4 is 5.32 Å². The monoisotopic (exact) mass is 327 g/mol. The van der Waals surface area contributed by atoms with Crippen LogP contribution in [0.25, 0.3) is 11.1 Å². The molecule has 4 rings (SSSR count). The van der Waals surface area contributed by atoms with Crippen molar-refractivity contribution < 1.29 is 4.79 Å². The highest BCUT2D eigenvalue weighted by Gasteiger charge is 2.26. The van der Waals surface area contributed by atoms with Gasteiger partial charge in [0.2, 0.25) is 5.91 Å². The number of amides is 1. The molecule has 0 spiro atoms. The van der Waals surface area contributed by atoms with Crippen LogP contribution in [-0.2, 0) is 11.2 Å². The van der Waals surface area contributed by atoms with E-state index in [1.54, 1.807) is 0 Å². The third-order valence-electron chi connectivity index (χ3n) is 4.96. The number of nitrogens with one attached hydrogen (secondary N) is 1. The van der Waals surface area contributed by atoms with Gasteiger partial charge < -0.3 is 5.32 Å². The maximum absolute atomic E-state index is 13.0. The smallest absolute Gasteiger partial charge is 0.231 e. The van der Waals surface area contributed by atoms with E-state index in [0.29, 0.717) is 0 Å². The quantitative estimate of drug-likeness (QED) is 0.684. The Hall–Kier alpha value is -2.87. The normalized spacial score (nSPS) is 16.1. The fraction of sp³-hybridized carbons (Fsp3) is 0.174. The van der Waals surface area contributed by atoms with Gasteiger partial charge in [-0.3, -0.25) is 4.79 Å². The molecule has 2 heteroatoms. The number of rotatable bonds is 3. The van der Waals surface area contributed by atoms with Crippen molar-refractivity contribution in [1.82, 2.24) is 0 Å². The predicted octanol–water partition coefficient (Wildman–Crippen LogP) is 5.41. The Kier molecular flexibility index (Phi) is 4.34. The van der Waals surface area contributed by atoms with Crippen LogP contribution >= 0.6 is 0 Å². The molecule has 0 heterocycles. The molecule has 2 nitrogen and oxygen atoms in total. The maximum Gasteiger partial charge on any atom is 0.231 e. The molecule has 0 saturated heterocycles. The summed E-state index contributed by atoms with van der Waals surface area (Å²) in [6.45, 7) is 0. The Morgan fingerprint density at radius 1 is 0.840 bits per heavy atom. The van der Waals surface area contributed by atoms with Crippen LogP contribution in [0.1, 0.15) is 29.9 Å². The molecule has 0 aromatic heterocycles. The molecule has 1 amide bonds. The van der Waals surface area contributed by atoms with Crippen molar-refractivity contribution in [2.75, 3.05) is 5.32 Å². The number of aryl methyl sites for hydroxylation is 1. The molecule has 1 N–H and O–H groups in total. The second-order valence-electron chi connectivity index (χ2n) is 6.54. The van der Waals surface area contributed by atoms with Crippen molar-refractivity contribution in [3.63, 3.8) is 0 Å². The molecule has 1 aliphatic carbocycles. The minimum Gasteiger partial charge on any atom is -0.325 e. The van der Waals surface area contributed by atoms with Gasteiger partial charge in [0.05, 0.1) is 5.92 Å². The molecule has 25 heavy (non-hydrogen) atoms. The van der Waals surface area contributed by atoms with Crippen molar-refractivity contribution in [3.05, 3.63) is 90.0 Å². The van der Waals surface area contributed by atoms with Crippen LogP contribution in [0.4, 0.5) is 5.69 Å². The summed E-state index contributed by atoms with van der Waals surface area (Å²) in [5, 5.41) is 3.18. The van der Waals surface area contributed by atoms with E-state index in [2.05, 4.69) is 41.7 Å². The molecule has 1 atom stereocenters. The summed E-state index contributed by atoms with van der Waals surface area (Å²) in [4.78, 5) is 13.0. The first-order valence-electron chi connectivity index (χ1n) is 8.86. The van der Waals surface area contributed by atoms with Gasteiger partial charge in [-0.15, -0.1) is 0 Å². The first-order valence-corrected chi connectivity index (χ1v) is 8.86. The number of hydrogen-bond acceptors (Lipinski definition) is 1. The molecule has 1 aliphatic rings. The molecular formula is C23H21NO. The summed E-state index contributed by atoms with van der Waals surface area (Å²) in [7, 11) is 0. The van der Waals surface area contributed by atoms with E-state index in [1.165, 1.54) is 11.1 Å². The maximum atomic E-state index is 13.0. The van der Waals surface area contributed by atoms with E-state index in [-0.39, 0.29) is 11.8 Å². The Balaban J connectivity index is 1.63. The van der Waals surface area contributed by atoms with Gasteiger partial charge in [-0.2, -0.15) is 0 Å². The average Bonchev–Trinajstić information content (AvgIpc) is 2.68. The summed E-state index contributed by atoms with van der Waals surface area (Å²) in [5.74, 6) is 0.0318. The van der Waals surface area contributed by atoms with Gasteiger partial charge in [-0.1, -0.05) is 72.8 Å². The molecule has 124 valence electrons. The van der Waals surface area contributed by atoms with E-state index in [9.17, 15) is 4.79 Å². The average molecular weight is 327 g/mol. The summed E-state index contributed by atoms with van der Waals surface area (Å²) in [5.41, 5.74) is 5.54. The number of anilines is 1. The van der Waals surface area contributed by atoms with Crippen molar-refractivity contribution in [1.29, 1.82) is 0 Å². The van der Waals surface area contributed by atoms with Crippen molar-refractivity contribution in [3.8, 4) is 11.1 Å². The second-order valence-corrected chi connectivity index (χ2v) is 6.54. The van der Waals surface area contributed by atoms with Crippen LogP contribution in [0.5, 0.6) is 0 Å². The lowest BCUT2D eigenvalue weighted by Crippen LogP contribution is -2.24. The number of carbonyl (C=O) groups excluding carboxylic acids is 1. The SMILES string of the molecule is O=C(Nc1ccccc1-c1ccccc1)C1CCCc2ccccc21. The van der Waals surface area contributed by atoms with Crippen molar-refractivity contribution >= 4 is 11.6 Å². The first kappa shape index (κ1) is 15.6. The van der Waals surface area contributed by atoms with Crippen LogP contribution in [0.3, 0.4) is 0 Å². The topological polar surface area (TPSA) is 29.1 Å². The first-order chi connectivity index (χ1) is 12.3. The van der Waals surface area contributed by atoms with E-state index in [4.69, 9.17) is 0 Å². The van der Waals surface area contributed by atoms with E-state index >= 15 is 0 Å². The fourth-order valence-electron chi connectivity index (χ4n) is 3.71. The van der Waals surface area contributed by atoms with E-state index in [0.717, 1.165) is 36.1 Å². The molecule has 0 aliphatic heterocycles. The lowest BCUT2D eigenvalue weighted by molar-refractivity contribution is -0.117. The lowest BCUT2D eigenvalue weighted by atomic mass is 9.82. The fourth-order valence-corrected chi connectivity index (χ4v) is 3.71. The van der Waals surface area contributed by atoms with Gasteiger partial charge >= 0.3 is 0 Å². The summed E-state index contributed by atoms with van der Waals surface area (Å²) in [6, 6.07) is 26.5. The number of carbonyl (C=O) groups is 1. The molecule has 0 fully saturated rings.